The Labute approximate surface area is 97.8 Å². The predicted molar refractivity (Wildman–Crippen MR) is 63.6 cm³/mol. The van der Waals surface area contributed by atoms with Crippen LogP contribution in [0.4, 0.5) is 0 Å². The lowest BCUT2D eigenvalue weighted by Gasteiger charge is -2.25. The van der Waals surface area contributed by atoms with E-state index in [1.807, 2.05) is 0 Å². The largest absolute Gasteiger partial charge is 0.393 e. The molecule has 94 valence electrons. The number of nitrogens with one attached hydrogen (secondary N) is 2. The van der Waals surface area contributed by atoms with Crippen LogP contribution in [0.3, 0.4) is 0 Å². The molecular weight excluding hydrogens is 204 g/mol. The number of carbonyl (C=O) groups excluding carboxylic acids is 1. The van der Waals surface area contributed by atoms with Gasteiger partial charge in [-0.05, 0) is 38.5 Å². The number of carbonyl (C=O) groups is 1. The Morgan fingerprint density at radius 3 is 2.31 bits per heavy atom. The summed E-state index contributed by atoms with van der Waals surface area (Å²) in [7, 11) is 0. The van der Waals surface area contributed by atoms with Gasteiger partial charge in [-0.15, -0.1) is 0 Å². The summed E-state index contributed by atoms with van der Waals surface area (Å²) in [4.78, 5) is 11.8. The van der Waals surface area contributed by atoms with Crippen molar-refractivity contribution in [2.75, 3.05) is 0 Å². The quantitative estimate of drug-likeness (QED) is 0.622. The van der Waals surface area contributed by atoms with Crippen molar-refractivity contribution in [1.82, 2.24) is 10.9 Å². The minimum Gasteiger partial charge on any atom is -0.393 e. The number of amides is 1. The first-order chi connectivity index (χ1) is 7.67. The predicted octanol–water partition coefficient (Wildman–Crippen LogP) is 1.35. The van der Waals surface area contributed by atoms with Crippen LogP contribution >= 0.6 is 0 Å². The Morgan fingerprint density at radius 2 is 1.81 bits per heavy atom. The fourth-order valence-corrected chi connectivity index (χ4v) is 2.11. The van der Waals surface area contributed by atoms with Gasteiger partial charge in [0.1, 0.15) is 0 Å². The Hall–Kier alpha value is -0.610. The Morgan fingerprint density at radius 1 is 1.25 bits per heavy atom. The van der Waals surface area contributed by atoms with Gasteiger partial charge in [0.15, 0.2) is 0 Å². The highest BCUT2D eigenvalue weighted by molar-refractivity contribution is 5.78. The van der Waals surface area contributed by atoms with E-state index in [1.165, 1.54) is 0 Å². The van der Waals surface area contributed by atoms with E-state index >= 15 is 0 Å². The molecule has 0 unspecified atom stereocenters. The SMILES string of the molecule is CCC(CC)NNC(=O)C1CCC(O)CC1. The second kappa shape index (κ2) is 6.86. The number of aliphatic hydroxyl groups excluding tert-OH is 1. The molecule has 1 rings (SSSR count). The molecule has 0 heterocycles. The van der Waals surface area contributed by atoms with Crippen LogP contribution < -0.4 is 10.9 Å². The molecule has 1 amide bonds. The highest BCUT2D eigenvalue weighted by atomic mass is 16.3. The zero-order chi connectivity index (χ0) is 12.0. The number of rotatable bonds is 5. The first-order valence-electron chi connectivity index (χ1n) is 6.40. The highest BCUT2D eigenvalue weighted by Gasteiger charge is 2.25. The van der Waals surface area contributed by atoms with E-state index in [1.54, 1.807) is 0 Å². The topological polar surface area (TPSA) is 61.4 Å². The molecule has 0 bridgehead atoms. The van der Waals surface area contributed by atoms with Crippen LogP contribution in [0.1, 0.15) is 52.4 Å². The van der Waals surface area contributed by atoms with Crippen molar-refractivity contribution < 1.29 is 9.90 Å². The average Bonchev–Trinajstić information content (AvgIpc) is 2.31. The molecule has 3 N–H and O–H groups in total. The van der Waals surface area contributed by atoms with E-state index in [-0.39, 0.29) is 17.9 Å². The van der Waals surface area contributed by atoms with Crippen LogP contribution in [0.5, 0.6) is 0 Å². The number of hydrazine groups is 1. The first kappa shape index (κ1) is 13.5. The third-order valence-electron chi connectivity index (χ3n) is 3.45. The fraction of sp³-hybridized carbons (Fsp3) is 0.917. The van der Waals surface area contributed by atoms with Gasteiger partial charge in [0.2, 0.25) is 5.91 Å². The summed E-state index contributed by atoms with van der Waals surface area (Å²) in [6.45, 7) is 4.20. The van der Waals surface area contributed by atoms with E-state index in [4.69, 9.17) is 0 Å². The summed E-state index contributed by atoms with van der Waals surface area (Å²) in [6, 6.07) is 0.359. The summed E-state index contributed by atoms with van der Waals surface area (Å²) in [6.07, 6.45) is 4.94. The zero-order valence-electron chi connectivity index (χ0n) is 10.3. The highest BCUT2D eigenvalue weighted by Crippen LogP contribution is 2.23. The Kier molecular flexibility index (Phi) is 5.77. The maximum atomic E-state index is 11.8. The first-order valence-corrected chi connectivity index (χ1v) is 6.40. The van der Waals surface area contributed by atoms with Crippen LogP contribution in [0.2, 0.25) is 0 Å². The van der Waals surface area contributed by atoms with E-state index in [0.29, 0.717) is 6.04 Å². The van der Waals surface area contributed by atoms with Gasteiger partial charge >= 0.3 is 0 Å². The van der Waals surface area contributed by atoms with E-state index in [2.05, 4.69) is 24.7 Å². The fourth-order valence-electron chi connectivity index (χ4n) is 2.11. The molecule has 1 saturated carbocycles. The molecule has 1 aliphatic carbocycles. The number of hydrogen-bond acceptors (Lipinski definition) is 3. The zero-order valence-corrected chi connectivity index (χ0v) is 10.3. The van der Waals surface area contributed by atoms with E-state index < -0.39 is 0 Å². The van der Waals surface area contributed by atoms with Crippen LogP contribution in [0, 0.1) is 5.92 Å². The van der Waals surface area contributed by atoms with Crippen molar-refractivity contribution in [3.05, 3.63) is 0 Å². The number of aliphatic hydroxyl groups is 1. The third-order valence-corrected chi connectivity index (χ3v) is 3.45. The van der Waals surface area contributed by atoms with Crippen molar-refractivity contribution >= 4 is 5.91 Å². The van der Waals surface area contributed by atoms with Crippen molar-refractivity contribution in [3.8, 4) is 0 Å². The maximum Gasteiger partial charge on any atom is 0.237 e. The monoisotopic (exact) mass is 228 g/mol. The van der Waals surface area contributed by atoms with Gasteiger partial charge < -0.3 is 5.11 Å². The number of hydrogen-bond donors (Lipinski definition) is 3. The molecule has 0 aromatic carbocycles. The summed E-state index contributed by atoms with van der Waals surface area (Å²) in [5.74, 6) is 0.157. The summed E-state index contributed by atoms with van der Waals surface area (Å²) in [5.41, 5.74) is 5.86. The molecule has 0 spiro atoms. The van der Waals surface area contributed by atoms with Gasteiger partial charge in [0, 0.05) is 12.0 Å². The van der Waals surface area contributed by atoms with Gasteiger partial charge in [-0.2, -0.15) is 0 Å². The lowest BCUT2D eigenvalue weighted by molar-refractivity contribution is -0.127. The van der Waals surface area contributed by atoms with E-state index in [9.17, 15) is 9.90 Å². The second-order valence-electron chi connectivity index (χ2n) is 4.65. The molecular formula is C12H24N2O2. The average molecular weight is 228 g/mol. The molecule has 1 aliphatic rings. The molecule has 4 nitrogen and oxygen atoms in total. The van der Waals surface area contributed by atoms with Crippen LogP contribution in [0.25, 0.3) is 0 Å². The van der Waals surface area contributed by atoms with Crippen molar-refractivity contribution in [1.29, 1.82) is 0 Å². The molecule has 0 atom stereocenters. The van der Waals surface area contributed by atoms with Gasteiger partial charge in [0.05, 0.1) is 6.10 Å². The minimum absolute atomic E-state index is 0.0743. The maximum absolute atomic E-state index is 11.8. The molecule has 0 saturated heterocycles. The minimum atomic E-state index is -0.198. The molecule has 4 heteroatoms. The second-order valence-corrected chi connectivity index (χ2v) is 4.65. The Balaban J connectivity index is 2.24. The normalized spacial score (nSPS) is 25.8. The van der Waals surface area contributed by atoms with Gasteiger partial charge in [-0.1, -0.05) is 13.8 Å². The van der Waals surface area contributed by atoms with Crippen molar-refractivity contribution in [2.24, 2.45) is 5.92 Å². The van der Waals surface area contributed by atoms with Crippen molar-refractivity contribution in [2.45, 2.75) is 64.5 Å². The standard InChI is InChI=1S/C12H24N2O2/c1-3-10(4-2)13-14-12(16)9-5-7-11(15)8-6-9/h9-11,13,15H,3-8H2,1-2H3,(H,14,16). The lowest BCUT2D eigenvalue weighted by atomic mass is 9.87. The van der Waals surface area contributed by atoms with Gasteiger partial charge in [0.25, 0.3) is 0 Å². The molecule has 0 radical (unpaired) electrons. The van der Waals surface area contributed by atoms with Gasteiger partial charge in [-0.3, -0.25) is 10.2 Å². The summed E-state index contributed by atoms with van der Waals surface area (Å²) < 4.78 is 0. The lowest BCUT2D eigenvalue weighted by Crippen LogP contribution is -2.47. The Bertz CT molecular complexity index is 209. The third kappa shape index (κ3) is 4.10. The van der Waals surface area contributed by atoms with Crippen molar-refractivity contribution in [3.63, 3.8) is 0 Å². The van der Waals surface area contributed by atoms with Crippen LogP contribution in [0.15, 0.2) is 0 Å². The molecule has 0 aromatic rings. The molecule has 1 fully saturated rings. The molecule has 16 heavy (non-hydrogen) atoms. The van der Waals surface area contributed by atoms with Crippen LogP contribution in [-0.4, -0.2) is 23.2 Å². The summed E-state index contributed by atoms with van der Waals surface area (Å²) in [5, 5.41) is 9.36. The van der Waals surface area contributed by atoms with E-state index in [0.717, 1.165) is 38.5 Å². The smallest absolute Gasteiger partial charge is 0.237 e. The summed E-state index contributed by atoms with van der Waals surface area (Å²) >= 11 is 0. The molecule has 0 aliphatic heterocycles. The van der Waals surface area contributed by atoms with Crippen LogP contribution in [-0.2, 0) is 4.79 Å². The van der Waals surface area contributed by atoms with Gasteiger partial charge in [-0.25, -0.2) is 5.43 Å². The molecule has 0 aromatic heterocycles.